The van der Waals surface area contributed by atoms with E-state index < -0.39 is 16.1 Å². The first kappa shape index (κ1) is 17.1. The van der Waals surface area contributed by atoms with E-state index in [-0.39, 0.29) is 0 Å². The van der Waals surface area contributed by atoms with Gasteiger partial charge in [-0.3, -0.25) is 0 Å². The van der Waals surface area contributed by atoms with Gasteiger partial charge in [-0.05, 0) is 17.2 Å². The molecule has 0 saturated carbocycles. The Kier molecular flexibility index (Phi) is 5.37. The maximum absolute atomic E-state index is 12.5. The minimum atomic E-state index is -3.63. The number of aromatic nitrogens is 3. The molecule has 0 aliphatic rings. The zero-order valence-corrected chi connectivity index (χ0v) is 14.3. The lowest BCUT2D eigenvalue weighted by Crippen LogP contribution is -2.30. The van der Waals surface area contributed by atoms with E-state index in [4.69, 9.17) is 0 Å². The minimum Gasteiger partial charge on any atom is -0.208 e. The molecule has 7 heteroatoms. The summed E-state index contributed by atoms with van der Waals surface area (Å²) in [5, 5.41) is 9.29. The first-order valence-electron chi connectivity index (χ1n) is 7.77. The van der Waals surface area contributed by atoms with Crippen LogP contribution in [-0.2, 0) is 16.6 Å². The Bertz CT molecular complexity index is 908. The van der Waals surface area contributed by atoms with Gasteiger partial charge < -0.3 is 0 Å². The van der Waals surface area contributed by atoms with Crippen molar-refractivity contribution >= 4 is 16.1 Å². The summed E-state index contributed by atoms with van der Waals surface area (Å²) in [6.45, 7) is 0.301. The first-order chi connectivity index (χ1) is 12.1. The van der Waals surface area contributed by atoms with Crippen molar-refractivity contribution in [3.8, 4) is 0 Å². The zero-order chi connectivity index (χ0) is 17.5. The fourth-order valence-electron chi connectivity index (χ4n) is 2.37. The molecule has 1 N–H and O–H groups in total. The van der Waals surface area contributed by atoms with Gasteiger partial charge in [-0.15, -0.1) is 0 Å². The summed E-state index contributed by atoms with van der Waals surface area (Å²) >= 11 is 0. The van der Waals surface area contributed by atoms with E-state index in [0.717, 1.165) is 11.1 Å². The Balaban J connectivity index is 1.80. The van der Waals surface area contributed by atoms with E-state index in [1.54, 1.807) is 18.5 Å². The van der Waals surface area contributed by atoms with Crippen molar-refractivity contribution in [1.82, 2.24) is 19.7 Å². The van der Waals surface area contributed by atoms with Crippen molar-refractivity contribution in [3.05, 3.63) is 89.6 Å². The second kappa shape index (κ2) is 7.87. The summed E-state index contributed by atoms with van der Waals surface area (Å²) in [6.07, 6.45) is 4.69. The van der Waals surface area contributed by atoms with E-state index in [0.29, 0.717) is 6.54 Å². The number of nitrogens with one attached hydrogen (secondary N) is 1. The second-order valence-corrected chi connectivity index (χ2v) is 7.02. The third-order valence-electron chi connectivity index (χ3n) is 3.56. The highest BCUT2D eigenvalue weighted by atomic mass is 32.2. The third kappa shape index (κ3) is 5.10. The van der Waals surface area contributed by atoms with Crippen LogP contribution in [0.15, 0.2) is 78.5 Å². The van der Waals surface area contributed by atoms with Crippen LogP contribution in [0.1, 0.15) is 17.2 Å². The van der Waals surface area contributed by atoms with Gasteiger partial charge in [0.2, 0.25) is 10.0 Å². The average molecular weight is 354 g/mol. The SMILES string of the molecule is O=S(=O)(/C=C/c1ccccc1)N[C@@H](Cn1nccn1)c1ccccc1. The van der Waals surface area contributed by atoms with Crippen LogP contribution >= 0.6 is 0 Å². The Labute approximate surface area is 146 Å². The molecule has 1 heterocycles. The molecule has 0 unspecified atom stereocenters. The number of benzene rings is 2. The maximum atomic E-state index is 12.5. The van der Waals surface area contributed by atoms with Crippen LogP contribution in [0.5, 0.6) is 0 Å². The molecule has 3 aromatic rings. The Hall–Kier alpha value is -2.77. The van der Waals surface area contributed by atoms with Gasteiger partial charge in [0.05, 0.1) is 25.0 Å². The molecule has 6 nitrogen and oxygen atoms in total. The van der Waals surface area contributed by atoms with Gasteiger partial charge in [-0.2, -0.15) is 15.0 Å². The zero-order valence-electron chi connectivity index (χ0n) is 13.4. The molecule has 1 atom stereocenters. The highest BCUT2D eigenvalue weighted by molar-refractivity contribution is 7.92. The standard InChI is InChI=1S/C18H18N4O2S/c23-25(24,14-11-16-7-3-1-4-8-16)21-18(15-22-19-12-13-20-22)17-9-5-2-6-10-17/h1-14,18,21H,15H2/b14-11+/t18-/m0/s1. The summed E-state index contributed by atoms with van der Waals surface area (Å²) in [6, 6.07) is 18.2. The van der Waals surface area contributed by atoms with Gasteiger partial charge in [-0.1, -0.05) is 60.7 Å². The molecule has 0 bridgehead atoms. The van der Waals surface area contributed by atoms with Crippen LogP contribution < -0.4 is 4.72 Å². The number of rotatable bonds is 7. The predicted molar refractivity (Wildman–Crippen MR) is 96.7 cm³/mol. The number of sulfonamides is 1. The van der Waals surface area contributed by atoms with Crippen LogP contribution in [-0.4, -0.2) is 23.4 Å². The summed E-state index contributed by atoms with van der Waals surface area (Å²) < 4.78 is 27.6. The van der Waals surface area contributed by atoms with Crippen LogP contribution in [0, 0.1) is 0 Å². The van der Waals surface area contributed by atoms with E-state index in [1.165, 1.54) is 10.2 Å². The third-order valence-corrected chi connectivity index (χ3v) is 4.67. The summed E-state index contributed by atoms with van der Waals surface area (Å²) in [7, 11) is -3.63. The Morgan fingerprint density at radius 3 is 2.20 bits per heavy atom. The Morgan fingerprint density at radius 2 is 1.56 bits per heavy atom. The molecule has 0 saturated heterocycles. The number of hydrogen-bond donors (Lipinski definition) is 1. The average Bonchev–Trinajstić information content (AvgIpc) is 3.14. The molecule has 25 heavy (non-hydrogen) atoms. The molecule has 0 fully saturated rings. The quantitative estimate of drug-likeness (QED) is 0.707. The maximum Gasteiger partial charge on any atom is 0.234 e. The van der Waals surface area contributed by atoms with Crippen molar-refractivity contribution in [2.75, 3.05) is 0 Å². The van der Waals surface area contributed by atoms with E-state index in [9.17, 15) is 8.42 Å². The van der Waals surface area contributed by atoms with Gasteiger partial charge >= 0.3 is 0 Å². The lowest BCUT2D eigenvalue weighted by Gasteiger charge is -2.17. The number of nitrogens with zero attached hydrogens (tertiary/aromatic N) is 3. The molecule has 2 aromatic carbocycles. The molecule has 0 amide bonds. The summed E-state index contributed by atoms with van der Waals surface area (Å²) in [4.78, 5) is 1.46. The molecule has 0 radical (unpaired) electrons. The summed E-state index contributed by atoms with van der Waals surface area (Å²) in [5.74, 6) is 0. The van der Waals surface area contributed by atoms with Crippen molar-refractivity contribution in [3.63, 3.8) is 0 Å². The molecular formula is C18H18N4O2S. The highest BCUT2D eigenvalue weighted by Gasteiger charge is 2.18. The topological polar surface area (TPSA) is 76.9 Å². The van der Waals surface area contributed by atoms with Crippen molar-refractivity contribution < 1.29 is 8.42 Å². The molecule has 0 spiro atoms. The van der Waals surface area contributed by atoms with Crippen LogP contribution in [0.2, 0.25) is 0 Å². The van der Waals surface area contributed by atoms with Gasteiger partial charge in [0.15, 0.2) is 0 Å². The second-order valence-electron chi connectivity index (χ2n) is 5.42. The van der Waals surface area contributed by atoms with Crippen molar-refractivity contribution in [2.45, 2.75) is 12.6 Å². The van der Waals surface area contributed by atoms with E-state index in [2.05, 4.69) is 14.9 Å². The highest BCUT2D eigenvalue weighted by Crippen LogP contribution is 2.16. The molecule has 0 aliphatic heterocycles. The van der Waals surface area contributed by atoms with Gasteiger partial charge in [0.25, 0.3) is 0 Å². The smallest absolute Gasteiger partial charge is 0.208 e. The molecule has 3 rings (SSSR count). The normalized spacial score (nSPS) is 13.1. The molecular weight excluding hydrogens is 336 g/mol. The van der Waals surface area contributed by atoms with Crippen LogP contribution in [0.25, 0.3) is 6.08 Å². The fraction of sp³-hybridized carbons (Fsp3) is 0.111. The lowest BCUT2D eigenvalue weighted by atomic mass is 10.1. The largest absolute Gasteiger partial charge is 0.234 e. The van der Waals surface area contributed by atoms with Gasteiger partial charge in [-0.25, -0.2) is 13.1 Å². The monoisotopic (exact) mass is 354 g/mol. The van der Waals surface area contributed by atoms with Gasteiger partial charge in [0, 0.05) is 5.41 Å². The van der Waals surface area contributed by atoms with Crippen LogP contribution in [0.4, 0.5) is 0 Å². The predicted octanol–water partition coefficient (Wildman–Crippen LogP) is 2.61. The summed E-state index contributed by atoms with van der Waals surface area (Å²) in [5.41, 5.74) is 1.66. The first-order valence-corrected chi connectivity index (χ1v) is 9.31. The van der Waals surface area contributed by atoms with E-state index >= 15 is 0 Å². The van der Waals surface area contributed by atoms with E-state index in [1.807, 2.05) is 60.7 Å². The minimum absolute atomic E-state index is 0.301. The van der Waals surface area contributed by atoms with Crippen molar-refractivity contribution in [1.29, 1.82) is 0 Å². The van der Waals surface area contributed by atoms with Gasteiger partial charge in [0.1, 0.15) is 0 Å². The van der Waals surface area contributed by atoms with Crippen molar-refractivity contribution in [2.24, 2.45) is 0 Å². The lowest BCUT2D eigenvalue weighted by molar-refractivity contribution is 0.446. The molecule has 128 valence electrons. The fourth-order valence-corrected chi connectivity index (χ4v) is 3.39. The Morgan fingerprint density at radius 1 is 0.960 bits per heavy atom. The molecule has 0 aliphatic carbocycles. The van der Waals surface area contributed by atoms with Crippen LogP contribution in [0.3, 0.4) is 0 Å². The number of hydrogen-bond acceptors (Lipinski definition) is 4. The molecule has 1 aromatic heterocycles.